The first-order chi connectivity index (χ1) is 24.2. The fourth-order valence-electron chi connectivity index (χ4n) is 6.95. The summed E-state index contributed by atoms with van der Waals surface area (Å²) >= 11 is 0. The van der Waals surface area contributed by atoms with Crippen LogP contribution in [0.3, 0.4) is 0 Å². The number of hydrogen-bond donors (Lipinski definition) is 2. The van der Waals surface area contributed by atoms with Crippen LogP contribution in [0.2, 0.25) is 0 Å². The molecule has 0 bridgehead atoms. The van der Waals surface area contributed by atoms with Crippen molar-refractivity contribution in [3.8, 4) is 33.6 Å². The number of rotatable bonds is 5. The third-order valence-corrected chi connectivity index (χ3v) is 9.27. The Morgan fingerprint density at radius 1 is 0.531 bits per heavy atom. The van der Waals surface area contributed by atoms with Crippen molar-refractivity contribution >= 4 is 38.5 Å². The van der Waals surface area contributed by atoms with Crippen molar-refractivity contribution in [1.29, 1.82) is 5.41 Å². The summed E-state index contributed by atoms with van der Waals surface area (Å²) in [7, 11) is 0. The number of benzene rings is 6. The number of amidine groups is 1. The van der Waals surface area contributed by atoms with Gasteiger partial charge in [-0.1, -0.05) is 91.0 Å². The summed E-state index contributed by atoms with van der Waals surface area (Å²) in [5.41, 5.74) is 11.3. The summed E-state index contributed by atoms with van der Waals surface area (Å²) in [6.45, 7) is 0. The van der Waals surface area contributed by atoms with E-state index < -0.39 is 0 Å². The highest BCUT2D eigenvalue weighted by molar-refractivity contribution is 6.18. The Morgan fingerprint density at radius 3 is 2.10 bits per heavy atom. The number of fused-ring (bicyclic) bond motifs is 5. The molecule has 5 heteroatoms. The molecule has 49 heavy (non-hydrogen) atoms. The predicted octanol–water partition coefficient (Wildman–Crippen LogP) is 10.3. The minimum absolute atomic E-state index is 0.194. The zero-order valence-electron chi connectivity index (χ0n) is 26.6. The van der Waals surface area contributed by atoms with Crippen LogP contribution in [0.5, 0.6) is 0 Å². The summed E-state index contributed by atoms with van der Waals surface area (Å²) in [6.07, 6.45) is 4.01. The number of H-pyrrole nitrogens is 1. The first kappa shape index (κ1) is 28.5. The predicted molar refractivity (Wildman–Crippen MR) is 202 cm³/mol. The van der Waals surface area contributed by atoms with Crippen LogP contribution < -0.4 is 5.49 Å². The van der Waals surface area contributed by atoms with E-state index in [0.29, 0.717) is 5.49 Å². The second-order valence-electron chi connectivity index (χ2n) is 12.2. The van der Waals surface area contributed by atoms with E-state index in [0.717, 1.165) is 50.2 Å². The molecule has 0 fully saturated rings. The van der Waals surface area contributed by atoms with Gasteiger partial charge in [-0.2, -0.15) is 0 Å². The van der Waals surface area contributed by atoms with E-state index in [-0.39, 0.29) is 5.84 Å². The molecule has 3 aromatic heterocycles. The molecule has 9 aromatic rings. The maximum absolute atomic E-state index is 9.01. The lowest BCUT2D eigenvalue weighted by molar-refractivity contribution is 1.13. The average Bonchev–Trinajstić information content (AvgIpc) is 3.76. The summed E-state index contributed by atoms with van der Waals surface area (Å²) in [6, 6.07) is 56.7. The molecule has 2 N–H and O–H groups in total. The normalized spacial score (nSPS) is 11.9. The van der Waals surface area contributed by atoms with Crippen LogP contribution in [0.1, 0.15) is 5.56 Å². The van der Waals surface area contributed by atoms with Gasteiger partial charge in [0.2, 0.25) is 0 Å². The van der Waals surface area contributed by atoms with Gasteiger partial charge >= 0.3 is 0 Å². The molecular formula is C44H31N5. The van der Waals surface area contributed by atoms with E-state index in [4.69, 9.17) is 10.4 Å². The maximum atomic E-state index is 9.01. The molecule has 0 atom stereocenters. The number of nitrogens with zero attached hydrogens (tertiary/aromatic N) is 3. The number of pyridine rings is 1. The SMILES string of the molecule is N=C(N=c1[nH]cccc1-c1cccc(-c2ccccc2)c1)c1ccc(-n2c3ccccc3c3ccc4c(ccn4-c4ccccc4)c32)cc1. The minimum atomic E-state index is 0.194. The number of nitrogens with one attached hydrogen (secondary N) is 2. The smallest absolute Gasteiger partial charge is 0.154 e. The Hall–Kier alpha value is -6.72. The molecule has 0 unspecified atom stereocenters. The molecular weight excluding hydrogens is 599 g/mol. The van der Waals surface area contributed by atoms with Crippen molar-refractivity contribution in [3.63, 3.8) is 0 Å². The lowest BCUT2D eigenvalue weighted by Crippen LogP contribution is -2.14. The van der Waals surface area contributed by atoms with Crippen molar-refractivity contribution < 1.29 is 0 Å². The highest BCUT2D eigenvalue weighted by Gasteiger charge is 2.17. The largest absolute Gasteiger partial charge is 0.346 e. The van der Waals surface area contributed by atoms with Crippen molar-refractivity contribution in [2.75, 3.05) is 0 Å². The van der Waals surface area contributed by atoms with Crippen LogP contribution in [0.4, 0.5) is 0 Å². The molecule has 3 heterocycles. The van der Waals surface area contributed by atoms with Crippen LogP contribution in [-0.4, -0.2) is 20.0 Å². The Balaban J connectivity index is 1.11. The molecule has 6 aromatic carbocycles. The Morgan fingerprint density at radius 2 is 1.27 bits per heavy atom. The summed E-state index contributed by atoms with van der Waals surface area (Å²) in [4.78, 5) is 8.08. The Kier molecular flexibility index (Phi) is 6.87. The molecule has 0 saturated carbocycles. The van der Waals surface area contributed by atoms with Gasteiger partial charge in [0.05, 0.1) is 16.6 Å². The molecule has 232 valence electrons. The van der Waals surface area contributed by atoms with Gasteiger partial charge in [0, 0.05) is 51.1 Å². The lowest BCUT2D eigenvalue weighted by Gasteiger charge is -2.11. The highest BCUT2D eigenvalue weighted by atomic mass is 15.0. The molecule has 0 radical (unpaired) electrons. The van der Waals surface area contributed by atoms with Crippen molar-refractivity contribution in [2.45, 2.75) is 0 Å². The lowest BCUT2D eigenvalue weighted by atomic mass is 10.00. The van der Waals surface area contributed by atoms with Gasteiger partial charge in [0.25, 0.3) is 0 Å². The monoisotopic (exact) mass is 629 g/mol. The van der Waals surface area contributed by atoms with Crippen LogP contribution in [0.15, 0.2) is 181 Å². The van der Waals surface area contributed by atoms with Gasteiger partial charge < -0.3 is 14.1 Å². The van der Waals surface area contributed by atoms with E-state index in [1.807, 2.05) is 42.6 Å². The van der Waals surface area contributed by atoms with E-state index in [1.165, 1.54) is 21.7 Å². The highest BCUT2D eigenvalue weighted by Crippen LogP contribution is 2.37. The van der Waals surface area contributed by atoms with Crippen molar-refractivity contribution in [1.82, 2.24) is 14.1 Å². The minimum Gasteiger partial charge on any atom is -0.346 e. The molecule has 9 rings (SSSR count). The molecule has 0 aliphatic heterocycles. The van der Waals surface area contributed by atoms with Gasteiger partial charge in [-0.25, -0.2) is 4.99 Å². The van der Waals surface area contributed by atoms with Crippen LogP contribution in [-0.2, 0) is 0 Å². The number of aromatic nitrogens is 3. The zero-order chi connectivity index (χ0) is 32.7. The maximum Gasteiger partial charge on any atom is 0.154 e. The molecule has 5 nitrogen and oxygen atoms in total. The second-order valence-corrected chi connectivity index (χ2v) is 12.2. The second kappa shape index (κ2) is 11.8. The first-order valence-corrected chi connectivity index (χ1v) is 16.4. The van der Waals surface area contributed by atoms with Crippen molar-refractivity contribution in [2.24, 2.45) is 4.99 Å². The topological polar surface area (TPSA) is 61.9 Å². The quantitative estimate of drug-likeness (QED) is 0.141. The van der Waals surface area contributed by atoms with E-state index in [1.54, 1.807) is 0 Å². The fraction of sp³-hybridized carbons (Fsp3) is 0. The first-order valence-electron chi connectivity index (χ1n) is 16.4. The molecule has 0 saturated heterocycles. The van der Waals surface area contributed by atoms with Crippen LogP contribution >= 0.6 is 0 Å². The van der Waals surface area contributed by atoms with E-state index >= 15 is 0 Å². The number of hydrogen-bond acceptors (Lipinski definition) is 1. The third-order valence-electron chi connectivity index (χ3n) is 9.27. The van der Waals surface area contributed by atoms with Gasteiger partial charge in [0.1, 0.15) is 5.49 Å². The van der Waals surface area contributed by atoms with Crippen molar-refractivity contribution in [3.05, 3.63) is 187 Å². The molecule has 0 amide bonds. The van der Waals surface area contributed by atoms with Crippen LogP contribution in [0.25, 0.3) is 66.3 Å². The van der Waals surface area contributed by atoms with E-state index in [9.17, 15) is 0 Å². The zero-order valence-corrected chi connectivity index (χ0v) is 26.6. The van der Waals surface area contributed by atoms with Gasteiger partial charge in [-0.3, -0.25) is 5.41 Å². The average molecular weight is 630 g/mol. The molecule has 0 spiro atoms. The number of aromatic amines is 1. The third kappa shape index (κ3) is 4.96. The summed E-state index contributed by atoms with van der Waals surface area (Å²) in [5, 5.41) is 12.6. The van der Waals surface area contributed by atoms with Gasteiger partial charge in [-0.15, -0.1) is 0 Å². The van der Waals surface area contributed by atoms with Crippen LogP contribution in [0, 0.1) is 5.41 Å². The molecule has 0 aliphatic rings. The summed E-state index contributed by atoms with van der Waals surface area (Å²) < 4.78 is 4.59. The number of para-hydroxylation sites is 2. The van der Waals surface area contributed by atoms with Gasteiger partial charge in [0.15, 0.2) is 5.84 Å². The Labute approximate surface area is 283 Å². The van der Waals surface area contributed by atoms with E-state index in [2.05, 4.69) is 148 Å². The summed E-state index contributed by atoms with van der Waals surface area (Å²) in [5.74, 6) is 0.194. The fourth-order valence-corrected chi connectivity index (χ4v) is 6.95. The molecule has 0 aliphatic carbocycles. The van der Waals surface area contributed by atoms with Gasteiger partial charge in [-0.05, 0) is 89.5 Å². The Bertz CT molecular complexity index is 2710. The standard InChI is InChI=1S/C44H31N5/c45-43(47-44-36(18-10-27-46-44)33-14-9-13-32(29-33)30-11-3-1-4-12-30)31-20-22-35(23-21-31)49-41-19-8-7-17-37(41)38-24-25-40-39(42(38)49)26-28-48(40)34-15-5-2-6-16-34/h1-29H,(H2,45,46,47).